The zero-order chi connectivity index (χ0) is 19.6. The Morgan fingerprint density at radius 2 is 1.89 bits per heavy atom. The number of nitrogens with one attached hydrogen (secondary N) is 2. The second-order valence-electron chi connectivity index (χ2n) is 6.15. The molecule has 0 atom stereocenters. The molecule has 1 fully saturated rings. The maximum absolute atomic E-state index is 12.2. The number of benzene rings is 1. The number of rotatable bonds is 8. The van der Waals surface area contributed by atoms with E-state index in [4.69, 9.17) is 4.74 Å². The first-order chi connectivity index (χ1) is 12.9. The van der Waals surface area contributed by atoms with Gasteiger partial charge in [0.25, 0.3) is 11.8 Å². The van der Waals surface area contributed by atoms with Crippen LogP contribution in [-0.4, -0.2) is 43.6 Å². The van der Waals surface area contributed by atoms with Gasteiger partial charge in [-0.25, -0.2) is 0 Å². The van der Waals surface area contributed by atoms with Gasteiger partial charge in [-0.1, -0.05) is 25.3 Å². The number of hydrogen-bond donors (Lipinski definition) is 2. The smallest absolute Gasteiger partial charge is 0.387 e. The number of carbonyl (C=O) groups is 3. The molecule has 0 aliphatic heterocycles. The van der Waals surface area contributed by atoms with E-state index in [9.17, 15) is 23.2 Å². The van der Waals surface area contributed by atoms with E-state index in [-0.39, 0.29) is 23.3 Å². The van der Waals surface area contributed by atoms with Gasteiger partial charge in [-0.2, -0.15) is 8.78 Å². The van der Waals surface area contributed by atoms with Crippen LogP contribution >= 0.6 is 0 Å². The minimum Gasteiger partial charge on any atom is -0.454 e. The maximum Gasteiger partial charge on any atom is 0.387 e. The molecule has 0 unspecified atom stereocenters. The number of halogens is 2. The lowest BCUT2D eigenvalue weighted by Crippen LogP contribution is -2.39. The molecule has 0 spiro atoms. The minimum atomic E-state index is -3.00. The van der Waals surface area contributed by atoms with Gasteiger partial charge in [0, 0.05) is 11.6 Å². The first-order valence-corrected chi connectivity index (χ1v) is 8.72. The molecular formula is C18H22F2N2O5. The van der Waals surface area contributed by atoms with Crippen LogP contribution in [0.4, 0.5) is 8.78 Å². The van der Waals surface area contributed by atoms with Crippen molar-refractivity contribution in [2.24, 2.45) is 0 Å². The van der Waals surface area contributed by atoms with Crippen molar-refractivity contribution in [1.82, 2.24) is 10.6 Å². The summed E-state index contributed by atoms with van der Waals surface area (Å²) in [5.41, 5.74) is 0.0518. The molecule has 1 aliphatic rings. The van der Waals surface area contributed by atoms with Crippen molar-refractivity contribution in [1.29, 1.82) is 0 Å². The first kappa shape index (κ1) is 20.6. The van der Waals surface area contributed by atoms with E-state index in [0.29, 0.717) is 0 Å². The Labute approximate surface area is 155 Å². The Morgan fingerprint density at radius 3 is 2.59 bits per heavy atom. The van der Waals surface area contributed by atoms with Crippen LogP contribution in [-0.2, 0) is 14.3 Å². The average molecular weight is 384 g/mol. The van der Waals surface area contributed by atoms with Gasteiger partial charge in [-0.3, -0.25) is 14.4 Å². The summed E-state index contributed by atoms with van der Waals surface area (Å²) in [5, 5.41) is 5.10. The summed E-state index contributed by atoms with van der Waals surface area (Å²) in [6, 6.07) is 5.29. The van der Waals surface area contributed by atoms with Crippen LogP contribution in [0.1, 0.15) is 42.5 Å². The standard InChI is InChI=1S/C18H22F2N2O5/c19-18(20)27-14-8-4-5-12(9-14)17(25)21-10-16(24)26-11-15(23)22-13-6-2-1-3-7-13/h4-5,8-9,13,18H,1-3,6-7,10-11H2,(H,21,25)(H,22,23). The normalized spacial score (nSPS) is 14.5. The van der Waals surface area contributed by atoms with Gasteiger partial charge in [-0.15, -0.1) is 0 Å². The number of ether oxygens (including phenoxy) is 2. The fraction of sp³-hybridized carbons (Fsp3) is 0.500. The highest BCUT2D eigenvalue weighted by Gasteiger charge is 2.17. The van der Waals surface area contributed by atoms with Crippen molar-refractivity contribution in [2.45, 2.75) is 44.8 Å². The summed E-state index contributed by atoms with van der Waals surface area (Å²) < 4.78 is 33.4. The number of amides is 2. The molecule has 1 saturated carbocycles. The van der Waals surface area contributed by atoms with Gasteiger partial charge in [0.05, 0.1) is 0 Å². The molecule has 0 saturated heterocycles. The lowest BCUT2D eigenvalue weighted by Gasteiger charge is -2.22. The topological polar surface area (TPSA) is 93.7 Å². The van der Waals surface area contributed by atoms with Crippen LogP contribution in [0.15, 0.2) is 24.3 Å². The molecule has 27 heavy (non-hydrogen) atoms. The van der Waals surface area contributed by atoms with Gasteiger partial charge in [-0.05, 0) is 31.0 Å². The predicted molar refractivity (Wildman–Crippen MR) is 91.4 cm³/mol. The minimum absolute atomic E-state index is 0.0518. The van der Waals surface area contributed by atoms with Crippen molar-refractivity contribution in [3.8, 4) is 5.75 Å². The van der Waals surface area contributed by atoms with Gasteiger partial charge in [0.1, 0.15) is 12.3 Å². The molecule has 1 aliphatic carbocycles. The molecular weight excluding hydrogens is 362 g/mol. The molecule has 0 radical (unpaired) electrons. The summed E-state index contributed by atoms with van der Waals surface area (Å²) in [7, 11) is 0. The second-order valence-corrected chi connectivity index (χ2v) is 6.15. The maximum atomic E-state index is 12.2. The van der Waals surface area contributed by atoms with Gasteiger partial charge in [0.2, 0.25) is 0 Å². The number of carbonyl (C=O) groups excluding carboxylic acids is 3. The molecule has 2 amide bonds. The summed E-state index contributed by atoms with van der Waals surface area (Å²) in [4.78, 5) is 35.3. The lowest BCUT2D eigenvalue weighted by molar-refractivity contribution is -0.147. The van der Waals surface area contributed by atoms with E-state index in [2.05, 4.69) is 15.4 Å². The SMILES string of the molecule is O=C(COC(=O)CNC(=O)c1cccc(OC(F)F)c1)NC1CCCCC1. The van der Waals surface area contributed by atoms with E-state index in [1.165, 1.54) is 18.2 Å². The van der Waals surface area contributed by atoms with E-state index in [1.807, 2.05) is 0 Å². The molecule has 7 nitrogen and oxygen atoms in total. The van der Waals surface area contributed by atoms with E-state index in [0.717, 1.165) is 38.2 Å². The molecule has 148 valence electrons. The molecule has 0 aromatic heterocycles. The monoisotopic (exact) mass is 384 g/mol. The van der Waals surface area contributed by atoms with Gasteiger partial charge < -0.3 is 20.1 Å². The van der Waals surface area contributed by atoms with Crippen LogP contribution in [0, 0.1) is 0 Å². The average Bonchev–Trinajstić information content (AvgIpc) is 2.65. The summed E-state index contributed by atoms with van der Waals surface area (Å²) in [6.07, 6.45) is 5.15. The van der Waals surface area contributed by atoms with Crippen molar-refractivity contribution in [2.75, 3.05) is 13.2 Å². The molecule has 1 aromatic carbocycles. The zero-order valence-corrected chi connectivity index (χ0v) is 14.7. The molecule has 0 heterocycles. The van der Waals surface area contributed by atoms with Crippen molar-refractivity contribution >= 4 is 17.8 Å². The fourth-order valence-corrected chi connectivity index (χ4v) is 2.78. The van der Waals surface area contributed by atoms with Crippen LogP contribution in [0.3, 0.4) is 0 Å². The van der Waals surface area contributed by atoms with E-state index in [1.54, 1.807) is 0 Å². The third kappa shape index (κ3) is 7.59. The number of alkyl halides is 2. The highest BCUT2D eigenvalue weighted by atomic mass is 19.3. The number of esters is 1. The molecule has 2 N–H and O–H groups in total. The van der Waals surface area contributed by atoms with Crippen LogP contribution < -0.4 is 15.4 Å². The lowest BCUT2D eigenvalue weighted by atomic mass is 9.95. The Hall–Kier alpha value is -2.71. The van der Waals surface area contributed by atoms with Crippen LogP contribution in [0.5, 0.6) is 5.75 Å². The summed E-state index contributed by atoms with van der Waals surface area (Å²) >= 11 is 0. The van der Waals surface area contributed by atoms with Gasteiger partial charge >= 0.3 is 12.6 Å². The third-order valence-electron chi connectivity index (χ3n) is 4.05. The Balaban J connectivity index is 1.70. The van der Waals surface area contributed by atoms with Crippen molar-refractivity contribution < 1.29 is 32.6 Å². The summed E-state index contributed by atoms with van der Waals surface area (Å²) in [5.74, 6) is -1.97. The third-order valence-corrected chi connectivity index (χ3v) is 4.05. The Bertz CT molecular complexity index is 663. The predicted octanol–water partition coefficient (Wildman–Crippen LogP) is 2.01. The molecule has 9 heteroatoms. The Morgan fingerprint density at radius 1 is 1.15 bits per heavy atom. The Kier molecular flexibility index (Phi) is 7.97. The largest absolute Gasteiger partial charge is 0.454 e. The molecule has 2 rings (SSSR count). The zero-order valence-electron chi connectivity index (χ0n) is 14.7. The van der Waals surface area contributed by atoms with Gasteiger partial charge in [0.15, 0.2) is 6.61 Å². The first-order valence-electron chi connectivity index (χ1n) is 8.72. The van der Waals surface area contributed by atoms with E-state index >= 15 is 0 Å². The highest BCUT2D eigenvalue weighted by molar-refractivity contribution is 5.96. The van der Waals surface area contributed by atoms with Crippen molar-refractivity contribution in [3.63, 3.8) is 0 Å². The van der Waals surface area contributed by atoms with E-state index < -0.39 is 31.6 Å². The second kappa shape index (κ2) is 10.4. The van der Waals surface area contributed by atoms with Crippen LogP contribution in [0.2, 0.25) is 0 Å². The van der Waals surface area contributed by atoms with Crippen molar-refractivity contribution in [3.05, 3.63) is 29.8 Å². The highest BCUT2D eigenvalue weighted by Crippen LogP contribution is 2.17. The molecule has 0 bridgehead atoms. The quantitative estimate of drug-likeness (QED) is 0.669. The molecule has 1 aromatic rings. The number of hydrogen-bond acceptors (Lipinski definition) is 5. The van der Waals surface area contributed by atoms with Crippen LogP contribution in [0.25, 0.3) is 0 Å². The summed E-state index contributed by atoms with van der Waals surface area (Å²) in [6.45, 7) is -3.86. The fourth-order valence-electron chi connectivity index (χ4n) is 2.78.